The lowest BCUT2D eigenvalue weighted by molar-refractivity contribution is -0.385. The number of hydrogen-bond acceptors (Lipinski definition) is 6. The third kappa shape index (κ3) is 3.70. The van der Waals surface area contributed by atoms with E-state index in [2.05, 4.69) is 10.3 Å². The highest BCUT2D eigenvalue weighted by atomic mass is 32.1. The molecule has 0 bridgehead atoms. The zero-order valence-electron chi connectivity index (χ0n) is 14.1. The number of amides is 1. The molecule has 0 aliphatic heterocycles. The van der Waals surface area contributed by atoms with Crippen LogP contribution in [0.25, 0.3) is 11.3 Å². The zero-order valence-corrected chi connectivity index (χ0v) is 14.9. The molecular weight excluding hydrogens is 354 g/mol. The van der Waals surface area contributed by atoms with Crippen molar-refractivity contribution in [1.82, 2.24) is 4.98 Å². The molecule has 0 saturated heterocycles. The van der Waals surface area contributed by atoms with Crippen LogP contribution in [0.3, 0.4) is 0 Å². The molecular formula is C18H15N3O4S. The van der Waals surface area contributed by atoms with Crippen LogP contribution < -0.4 is 10.1 Å². The number of thiazole rings is 1. The highest BCUT2D eigenvalue weighted by molar-refractivity contribution is 7.14. The zero-order chi connectivity index (χ0) is 18.7. The van der Waals surface area contributed by atoms with E-state index in [9.17, 15) is 14.9 Å². The van der Waals surface area contributed by atoms with Gasteiger partial charge in [-0.3, -0.25) is 20.2 Å². The van der Waals surface area contributed by atoms with Gasteiger partial charge in [-0.15, -0.1) is 11.3 Å². The molecule has 0 saturated carbocycles. The van der Waals surface area contributed by atoms with E-state index in [1.807, 2.05) is 36.6 Å². The lowest BCUT2D eigenvalue weighted by atomic mass is 10.1. The number of ether oxygens (including phenoxy) is 1. The molecule has 2 aromatic carbocycles. The van der Waals surface area contributed by atoms with Crippen molar-refractivity contribution in [3.05, 3.63) is 69.1 Å². The lowest BCUT2D eigenvalue weighted by Crippen LogP contribution is -2.12. The minimum Gasteiger partial charge on any atom is -0.490 e. The first-order valence-corrected chi connectivity index (χ1v) is 8.52. The predicted molar refractivity (Wildman–Crippen MR) is 99.9 cm³/mol. The van der Waals surface area contributed by atoms with Gasteiger partial charge in [-0.05, 0) is 13.0 Å². The first kappa shape index (κ1) is 17.6. The van der Waals surface area contributed by atoms with E-state index in [0.29, 0.717) is 5.13 Å². The van der Waals surface area contributed by atoms with Crippen LogP contribution in [0.5, 0.6) is 5.75 Å². The number of rotatable bonds is 5. The van der Waals surface area contributed by atoms with Crippen LogP contribution in [0, 0.1) is 17.0 Å². The monoisotopic (exact) mass is 369 g/mol. The number of nitrogens with one attached hydrogen (secondary N) is 1. The first-order chi connectivity index (χ1) is 12.5. The molecule has 1 amide bonds. The third-order valence-electron chi connectivity index (χ3n) is 3.71. The van der Waals surface area contributed by atoms with E-state index in [0.717, 1.165) is 16.8 Å². The summed E-state index contributed by atoms with van der Waals surface area (Å²) in [5.41, 5.74) is 2.94. The van der Waals surface area contributed by atoms with Crippen molar-refractivity contribution < 1.29 is 14.5 Å². The summed E-state index contributed by atoms with van der Waals surface area (Å²) in [5, 5.41) is 15.9. The Hall–Kier alpha value is -3.26. The Morgan fingerprint density at radius 3 is 2.62 bits per heavy atom. The van der Waals surface area contributed by atoms with Gasteiger partial charge in [0.05, 0.1) is 17.7 Å². The quantitative estimate of drug-likeness (QED) is 0.535. The van der Waals surface area contributed by atoms with Gasteiger partial charge < -0.3 is 4.74 Å². The lowest BCUT2D eigenvalue weighted by Gasteiger charge is -2.05. The topological polar surface area (TPSA) is 94.4 Å². The van der Waals surface area contributed by atoms with Gasteiger partial charge in [0.15, 0.2) is 10.9 Å². The van der Waals surface area contributed by atoms with Crippen molar-refractivity contribution in [2.75, 3.05) is 12.4 Å². The minimum atomic E-state index is -0.560. The number of anilines is 1. The summed E-state index contributed by atoms with van der Waals surface area (Å²) in [5.74, 6) is -0.384. The van der Waals surface area contributed by atoms with E-state index in [4.69, 9.17) is 4.74 Å². The molecule has 8 heteroatoms. The Kier molecular flexibility index (Phi) is 4.94. The van der Waals surface area contributed by atoms with Crippen LogP contribution in [-0.4, -0.2) is 22.9 Å². The Bertz CT molecular complexity index is 967. The smallest absolute Gasteiger partial charge is 0.310 e. The van der Waals surface area contributed by atoms with Gasteiger partial charge in [0, 0.05) is 28.6 Å². The molecule has 0 spiro atoms. The molecule has 132 valence electrons. The van der Waals surface area contributed by atoms with Gasteiger partial charge in [0.1, 0.15) is 0 Å². The van der Waals surface area contributed by atoms with Crippen molar-refractivity contribution in [2.45, 2.75) is 6.92 Å². The summed E-state index contributed by atoms with van der Waals surface area (Å²) in [6, 6.07) is 11.9. The van der Waals surface area contributed by atoms with E-state index in [-0.39, 0.29) is 17.0 Å². The highest BCUT2D eigenvalue weighted by Crippen LogP contribution is 2.29. The number of methoxy groups -OCH3 is 1. The number of nitrogens with zero attached hydrogens (tertiary/aromatic N) is 2. The number of benzene rings is 2. The number of nitro groups is 1. The number of nitro benzene ring substituents is 1. The maximum Gasteiger partial charge on any atom is 0.310 e. The average molecular weight is 369 g/mol. The molecule has 3 rings (SSSR count). The van der Waals surface area contributed by atoms with Crippen LogP contribution in [0.1, 0.15) is 15.9 Å². The number of hydrogen-bond donors (Lipinski definition) is 1. The van der Waals surface area contributed by atoms with Crippen molar-refractivity contribution in [2.24, 2.45) is 0 Å². The fourth-order valence-electron chi connectivity index (χ4n) is 2.33. The Balaban J connectivity index is 1.78. The van der Waals surface area contributed by atoms with Gasteiger partial charge in [-0.1, -0.05) is 29.8 Å². The summed E-state index contributed by atoms with van der Waals surface area (Å²) in [7, 11) is 1.32. The Morgan fingerprint density at radius 1 is 1.23 bits per heavy atom. The molecule has 0 fully saturated rings. The highest BCUT2D eigenvalue weighted by Gasteiger charge is 2.18. The standard InChI is InChI=1S/C18H15N3O4S/c1-11-3-5-12(6-4-11)14-10-26-18(19-14)20-17(22)13-7-8-15(21(23)24)16(9-13)25-2/h3-10H,1-2H3,(H,19,20,22). The van der Waals surface area contributed by atoms with Crippen molar-refractivity contribution in [3.63, 3.8) is 0 Å². The summed E-state index contributed by atoms with van der Waals surface area (Å²) >= 11 is 1.31. The van der Waals surface area contributed by atoms with Crippen molar-refractivity contribution in [3.8, 4) is 17.0 Å². The van der Waals surface area contributed by atoms with Crippen molar-refractivity contribution >= 4 is 28.1 Å². The third-order valence-corrected chi connectivity index (χ3v) is 4.47. The second-order valence-electron chi connectivity index (χ2n) is 5.50. The summed E-state index contributed by atoms with van der Waals surface area (Å²) in [6.45, 7) is 2.01. The van der Waals surface area contributed by atoms with Gasteiger partial charge in [0.25, 0.3) is 5.91 Å². The van der Waals surface area contributed by atoms with Crippen molar-refractivity contribution in [1.29, 1.82) is 0 Å². The SMILES string of the molecule is COc1cc(C(=O)Nc2nc(-c3ccc(C)cc3)cs2)ccc1[N+](=O)[O-]. The fraction of sp³-hybridized carbons (Fsp3) is 0.111. The number of carbonyl (C=O) groups is 1. The van der Waals surface area contributed by atoms with E-state index in [1.165, 1.54) is 36.6 Å². The number of aryl methyl sites for hydroxylation is 1. The Morgan fingerprint density at radius 2 is 1.96 bits per heavy atom. The molecule has 7 nitrogen and oxygen atoms in total. The second-order valence-corrected chi connectivity index (χ2v) is 6.36. The van der Waals surface area contributed by atoms with Gasteiger partial charge in [0.2, 0.25) is 0 Å². The molecule has 0 radical (unpaired) electrons. The predicted octanol–water partition coefficient (Wildman–Crippen LogP) is 4.29. The molecule has 3 aromatic rings. The normalized spacial score (nSPS) is 10.4. The van der Waals surface area contributed by atoms with E-state index in [1.54, 1.807) is 0 Å². The summed E-state index contributed by atoms with van der Waals surface area (Å²) in [6.07, 6.45) is 0. The molecule has 1 aromatic heterocycles. The number of aromatic nitrogens is 1. The van der Waals surface area contributed by atoms with Crippen LogP contribution >= 0.6 is 11.3 Å². The average Bonchev–Trinajstić information content (AvgIpc) is 3.10. The van der Waals surface area contributed by atoms with Crippen LogP contribution in [-0.2, 0) is 0 Å². The van der Waals surface area contributed by atoms with Gasteiger partial charge in [-0.25, -0.2) is 4.98 Å². The largest absolute Gasteiger partial charge is 0.490 e. The molecule has 1 N–H and O–H groups in total. The maximum absolute atomic E-state index is 12.4. The fourth-order valence-corrected chi connectivity index (χ4v) is 3.04. The Labute approximate surface area is 153 Å². The van der Waals surface area contributed by atoms with E-state index >= 15 is 0 Å². The van der Waals surface area contributed by atoms with Crippen LogP contribution in [0.4, 0.5) is 10.8 Å². The van der Waals surface area contributed by atoms with Gasteiger partial charge in [-0.2, -0.15) is 0 Å². The number of carbonyl (C=O) groups excluding carboxylic acids is 1. The van der Waals surface area contributed by atoms with Crippen LogP contribution in [0.2, 0.25) is 0 Å². The summed E-state index contributed by atoms with van der Waals surface area (Å²) in [4.78, 5) is 27.2. The molecule has 0 atom stereocenters. The minimum absolute atomic E-state index is 0.0298. The molecule has 0 aliphatic carbocycles. The molecule has 0 unspecified atom stereocenters. The first-order valence-electron chi connectivity index (χ1n) is 7.64. The molecule has 0 aliphatic rings. The molecule has 1 heterocycles. The second kappa shape index (κ2) is 7.32. The maximum atomic E-state index is 12.4. The summed E-state index contributed by atoms with van der Waals surface area (Å²) < 4.78 is 4.98. The van der Waals surface area contributed by atoms with E-state index < -0.39 is 10.8 Å². The molecule has 26 heavy (non-hydrogen) atoms. The van der Waals surface area contributed by atoms with Gasteiger partial charge >= 0.3 is 5.69 Å². The van der Waals surface area contributed by atoms with Crippen LogP contribution in [0.15, 0.2) is 47.8 Å².